The SMILES string of the molecule is O=C(NCc1cncs1)C(=O)N1CCCNCC1. The summed E-state index contributed by atoms with van der Waals surface area (Å²) in [7, 11) is 0. The fourth-order valence-corrected chi connectivity index (χ4v) is 2.30. The van der Waals surface area contributed by atoms with E-state index in [4.69, 9.17) is 0 Å². The number of nitrogens with zero attached hydrogens (tertiary/aromatic N) is 2. The van der Waals surface area contributed by atoms with Gasteiger partial charge in [0.15, 0.2) is 0 Å². The molecule has 0 bridgehead atoms. The Morgan fingerprint density at radius 3 is 3.11 bits per heavy atom. The lowest BCUT2D eigenvalue weighted by Crippen LogP contribution is -2.44. The van der Waals surface area contributed by atoms with E-state index in [1.165, 1.54) is 11.3 Å². The molecule has 0 aliphatic carbocycles. The monoisotopic (exact) mass is 268 g/mol. The maximum atomic E-state index is 11.9. The van der Waals surface area contributed by atoms with Crippen LogP contribution in [0.5, 0.6) is 0 Å². The molecule has 18 heavy (non-hydrogen) atoms. The van der Waals surface area contributed by atoms with E-state index in [-0.39, 0.29) is 0 Å². The van der Waals surface area contributed by atoms with Gasteiger partial charge in [-0.1, -0.05) is 0 Å². The van der Waals surface area contributed by atoms with Crippen LogP contribution >= 0.6 is 11.3 Å². The lowest BCUT2D eigenvalue weighted by atomic mass is 10.3. The Morgan fingerprint density at radius 2 is 2.33 bits per heavy atom. The lowest BCUT2D eigenvalue weighted by Gasteiger charge is -2.18. The standard InChI is InChI=1S/C11H16N4O2S/c16-10(14-7-9-6-13-8-18-9)11(17)15-4-1-2-12-3-5-15/h6,8,12H,1-5,7H2,(H,14,16). The maximum absolute atomic E-state index is 11.9. The molecule has 0 spiro atoms. The van der Waals surface area contributed by atoms with Crippen LogP contribution in [0.15, 0.2) is 11.7 Å². The van der Waals surface area contributed by atoms with E-state index in [9.17, 15) is 9.59 Å². The zero-order chi connectivity index (χ0) is 12.8. The van der Waals surface area contributed by atoms with Gasteiger partial charge in [-0.3, -0.25) is 14.6 Å². The molecule has 2 N–H and O–H groups in total. The number of amides is 2. The summed E-state index contributed by atoms with van der Waals surface area (Å²) < 4.78 is 0. The Morgan fingerprint density at radius 1 is 1.44 bits per heavy atom. The number of aromatic nitrogens is 1. The third-order valence-electron chi connectivity index (χ3n) is 2.73. The van der Waals surface area contributed by atoms with Crippen LogP contribution in [0.1, 0.15) is 11.3 Å². The third-order valence-corrected chi connectivity index (χ3v) is 3.51. The Labute approximate surface area is 109 Å². The number of rotatable bonds is 2. The van der Waals surface area contributed by atoms with Crippen molar-refractivity contribution in [2.45, 2.75) is 13.0 Å². The molecule has 0 saturated carbocycles. The normalized spacial score (nSPS) is 16.1. The Bertz CT molecular complexity index is 399. The summed E-state index contributed by atoms with van der Waals surface area (Å²) in [5.41, 5.74) is 1.70. The maximum Gasteiger partial charge on any atom is 0.311 e. The molecule has 1 aliphatic heterocycles. The van der Waals surface area contributed by atoms with Crippen molar-refractivity contribution in [3.05, 3.63) is 16.6 Å². The van der Waals surface area contributed by atoms with E-state index in [1.807, 2.05) is 0 Å². The van der Waals surface area contributed by atoms with E-state index >= 15 is 0 Å². The second-order valence-corrected chi connectivity index (χ2v) is 5.02. The highest BCUT2D eigenvalue weighted by molar-refractivity contribution is 7.09. The van der Waals surface area contributed by atoms with Crippen molar-refractivity contribution in [2.75, 3.05) is 26.2 Å². The second-order valence-electron chi connectivity index (χ2n) is 4.05. The fourth-order valence-electron chi connectivity index (χ4n) is 1.76. The van der Waals surface area contributed by atoms with Crippen molar-refractivity contribution in [1.29, 1.82) is 0 Å². The van der Waals surface area contributed by atoms with E-state index in [1.54, 1.807) is 16.6 Å². The number of hydrogen-bond donors (Lipinski definition) is 2. The fraction of sp³-hybridized carbons (Fsp3) is 0.545. The Hall–Kier alpha value is -1.47. The number of nitrogens with one attached hydrogen (secondary N) is 2. The van der Waals surface area contributed by atoms with E-state index in [0.29, 0.717) is 19.6 Å². The van der Waals surface area contributed by atoms with E-state index in [2.05, 4.69) is 15.6 Å². The second kappa shape index (κ2) is 6.46. The Balaban J connectivity index is 1.82. The van der Waals surface area contributed by atoms with Gasteiger partial charge in [-0.05, 0) is 13.0 Å². The van der Waals surface area contributed by atoms with Crippen molar-refractivity contribution >= 4 is 23.2 Å². The van der Waals surface area contributed by atoms with E-state index in [0.717, 1.165) is 24.4 Å². The largest absolute Gasteiger partial charge is 0.343 e. The molecule has 1 saturated heterocycles. The van der Waals surface area contributed by atoms with Gasteiger partial charge in [0.25, 0.3) is 0 Å². The third kappa shape index (κ3) is 3.51. The summed E-state index contributed by atoms with van der Waals surface area (Å²) in [5, 5.41) is 5.82. The van der Waals surface area contributed by atoms with Gasteiger partial charge >= 0.3 is 11.8 Å². The van der Waals surface area contributed by atoms with Crippen LogP contribution in [0.25, 0.3) is 0 Å². The topological polar surface area (TPSA) is 74.3 Å². The van der Waals surface area contributed by atoms with Gasteiger partial charge in [-0.15, -0.1) is 11.3 Å². The highest BCUT2D eigenvalue weighted by atomic mass is 32.1. The molecule has 2 rings (SSSR count). The molecule has 2 heterocycles. The predicted molar refractivity (Wildman–Crippen MR) is 68.0 cm³/mol. The highest BCUT2D eigenvalue weighted by Crippen LogP contribution is 2.04. The lowest BCUT2D eigenvalue weighted by molar-refractivity contribution is -0.145. The van der Waals surface area contributed by atoms with Gasteiger partial charge in [0.05, 0.1) is 12.1 Å². The van der Waals surface area contributed by atoms with Gasteiger partial charge in [-0.25, -0.2) is 0 Å². The summed E-state index contributed by atoms with van der Waals surface area (Å²) in [4.78, 5) is 30.0. The molecule has 1 fully saturated rings. The average Bonchev–Trinajstić information content (AvgIpc) is 2.75. The zero-order valence-corrected chi connectivity index (χ0v) is 10.8. The van der Waals surface area contributed by atoms with Crippen LogP contribution in [0.3, 0.4) is 0 Å². The van der Waals surface area contributed by atoms with Gasteiger partial charge < -0.3 is 15.5 Å². The molecule has 7 heteroatoms. The molecule has 0 radical (unpaired) electrons. The minimum atomic E-state index is -0.537. The van der Waals surface area contributed by atoms with Crippen molar-refractivity contribution in [3.8, 4) is 0 Å². The molecule has 0 atom stereocenters. The summed E-state index contributed by atoms with van der Waals surface area (Å²) >= 11 is 1.45. The van der Waals surface area contributed by atoms with Crippen molar-refractivity contribution < 1.29 is 9.59 Å². The van der Waals surface area contributed by atoms with Gasteiger partial charge in [0, 0.05) is 30.7 Å². The molecule has 1 aliphatic rings. The summed E-state index contributed by atoms with van der Waals surface area (Å²) in [5.74, 6) is -0.978. The molecule has 0 aromatic carbocycles. The van der Waals surface area contributed by atoms with Crippen LogP contribution in [0, 0.1) is 0 Å². The smallest absolute Gasteiger partial charge is 0.311 e. The highest BCUT2D eigenvalue weighted by Gasteiger charge is 2.22. The van der Waals surface area contributed by atoms with Gasteiger partial charge in [0.2, 0.25) is 0 Å². The first kappa shape index (κ1) is 13.0. The number of carbonyl (C=O) groups is 2. The van der Waals surface area contributed by atoms with Crippen LogP contribution in [0.4, 0.5) is 0 Å². The Kier molecular flexibility index (Phi) is 4.66. The molecule has 6 nitrogen and oxygen atoms in total. The minimum Gasteiger partial charge on any atom is -0.343 e. The number of carbonyl (C=O) groups excluding carboxylic acids is 2. The molecule has 98 valence electrons. The first-order valence-electron chi connectivity index (χ1n) is 5.92. The van der Waals surface area contributed by atoms with Crippen molar-refractivity contribution in [3.63, 3.8) is 0 Å². The molecule has 1 aromatic rings. The molecule has 0 unspecified atom stereocenters. The van der Waals surface area contributed by atoms with E-state index < -0.39 is 11.8 Å². The van der Waals surface area contributed by atoms with Crippen molar-refractivity contribution in [1.82, 2.24) is 20.5 Å². The quantitative estimate of drug-likeness (QED) is 0.715. The summed E-state index contributed by atoms with van der Waals surface area (Å²) in [6.07, 6.45) is 2.57. The zero-order valence-electron chi connectivity index (χ0n) is 10.0. The van der Waals surface area contributed by atoms with Crippen LogP contribution < -0.4 is 10.6 Å². The number of thiazole rings is 1. The van der Waals surface area contributed by atoms with Gasteiger partial charge in [0.1, 0.15) is 0 Å². The first-order valence-corrected chi connectivity index (χ1v) is 6.80. The molecular formula is C11H16N4O2S. The summed E-state index contributed by atoms with van der Waals surface area (Å²) in [6.45, 7) is 3.23. The first-order chi connectivity index (χ1) is 8.77. The molecular weight excluding hydrogens is 252 g/mol. The van der Waals surface area contributed by atoms with Gasteiger partial charge in [-0.2, -0.15) is 0 Å². The predicted octanol–water partition coefficient (Wildman–Crippen LogP) is -0.419. The molecule has 1 aromatic heterocycles. The number of hydrogen-bond acceptors (Lipinski definition) is 5. The summed E-state index contributed by atoms with van der Waals surface area (Å²) in [6, 6.07) is 0. The van der Waals surface area contributed by atoms with Crippen molar-refractivity contribution in [2.24, 2.45) is 0 Å². The van der Waals surface area contributed by atoms with Crippen LogP contribution in [0.2, 0.25) is 0 Å². The minimum absolute atomic E-state index is 0.362. The molecule has 2 amide bonds. The average molecular weight is 268 g/mol. The van der Waals surface area contributed by atoms with Crippen LogP contribution in [-0.2, 0) is 16.1 Å². The van der Waals surface area contributed by atoms with Crippen LogP contribution in [-0.4, -0.2) is 47.9 Å².